The fourth-order valence-electron chi connectivity index (χ4n) is 1.55. The van der Waals surface area contributed by atoms with Crippen LogP contribution < -0.4 is 34.9 Å². The van der Waals surface area contributed by atoms with Crippen molar-refractivity contribution in [2.24, 2.45) is 4.99 Å². The Bertz CT molecular complexity index is 628. The van der Waals surface area contributed by atoms with Crippen LogP contribution >= 0.6 is 63.8 Å². The van der Waals surface area contributed by atoms with Gasteiger partial charge in [0.25, 0.3) is 0 Å². The molecule has 0 fully saturated rings. The summed E-state index contributed by atoms with van der Waals surface area (Å²) < 4.78 is 10.3. The molecule has 5 nitrogen and oxygen atoms in total. The third-order valence-corrected chi connectivity index (χ3v) is 10.2. The van der Waals surface area contributed by atoms with Gasteiger partial charge in [0.15, 0.2) is 0 Å². The van der Waals surface area contributed by atoms with Crippen molar-refractivity contribution < 1.29 is 38.9 Å². The minimum atomic E-state index is -0.0603. The van der Waals surface area contributed by atoms with E-state index in [0.717, 1.165) is 15.8 Å². The van der Waals surface area contributed by atoms with E-state index in [2.05, 4.69) is 29.1 Å². The monoisotopic (exact) mass is 547 g/mol. The number of aliphatic imine (C=N–C) groups is 1. The molecule has 0 aliphatic heterocycles. The molecule has 0 aliphatic rings. The van der Waals surface area contributed by atoms with E-state index in [0.29, 0.717) is 37.9 Å². The molecular formula is C19H31N3NaO2PS5. The van der Waals surface area contributed by atoms with Gasteiger partial charge in [-0.3, -0.25) is 21.8 Å². The first-order valence-corrected chi connectivity index (χ1v) is 16.1. The van der Waals surface area contributed by atoms with Gasteiger partial charge < -0.3 is 9.87 Å². The van der Waals surface area contributed by atoms with Crippen LogP contribution in [0.4, 0.5) is 0 Å². The van der Waals surface area contributed by atoms with E-state index >= 15 is 0 Å². The number of amides is 1. The van der Waals surface area contributed by atoms with E-state index in [4.69, 9.17) is 0 Å². The number of rotatable bonds is 12. The molecule has 1 N–H and O–H groups in total. The van der Waals surface area contributed by atoms with Crippen LogP contribution in [0.5, 0.6) is 0 Å². The Labute approximate surface area is 231 Å². The molecule has 0 aromatic carbocycles. The number of aromatic nitrogens is 1. The van der Waals surface area contributed by atoms with Crippen molar-refractivity contribution in [2.75, 3.05) is 24.8 Å². The zero-order chi connectivity index (χ0) is 22.6. The normalized spacial score (nSPS) is 12.5. The van der Waals surface area contributed by atoms with Crippen molar-refractivity contribution in [3.8, 4) is 0 Å². The van der Waals surface area contributed by atoms with Crippen molar-refractivity contribution in [2.45, 2.75) is 43.6 Å². The predicted octanol–water partition coefficient (Wildman–Crippen LogP) is 3.21. The molecule has 1 heterocycles. The van der Waals surface area contributed by atoms with E-state index in [1.165, 1.54) is 0 Å². The number of carbonyl (C=O) groups is 1. The molecule has 1 rings (SSSR count). The molecule has 1 aromatic rings. The first-order valence-electron chi connectivity index (χ1n) is 9.33. The van der Waals surface area contributed by atoms with Gasteiger partial charge in [-0.2, -0.15) is 0 Å². The smallest absolute Gasteiger partial charge is 0.799 e. The molecule has 170 valence electrons. The molecule has 1 aromatic heterocycles. The molecule has 0 saturated carbocycles. The molecular weight excluding hydrogens is 517 g/mol. The molecule has 0 saturated heterocycles. The van der Waals surface area contributed by atoms with Crippen LogP contribution in [0.15, 0.2) is 46.6 Å². The summed E-state index contributed by atoms with van der Waals surface area (Å²) in [5, 5.41) is 5.60. The minimum Gasteiger partial charge on any atom is -0.799 e. The van der Waals surface area contributed by atoms with Gasteiger partial charge in [0.1, 0.15) is 10.1 Å². The predicted molar refractivity (Wildman–Crippen MR) is 145 cm³/mol. The van der Waals surface area contributed by atoms with Gasteiger partial charge in [-0.15, -0.1) is 8.58 Å². The first kappa shape index (κ1) is 34.3. The maximum absolute atomic E-state index is 11.6. The summed E-state index contributed by atoms with van der Waals surface area (Å²) in [7, 11) is 9.06. The summed E-state index contributed by atoms with van der Waals surface area (Å²) in [5.74, 6) is 0.870. The van der Waals surface area contributed by atoms with Crippen LogP contribution in [-0.2, 0) is 4.79 Å². The van der Waals surface area contributed by atoms with Crippen molar-refractivity contribution >= 4 is 74.7 Å². The van der Waals surface area contributed by atoms with Gasteiger partial charge in [-0.25, -0.2) is 4.98 Å². The molecule has 2 unspecified atom stereocenters. The summed E-state index contributed by atoms with van der Waals surface area (Å²) in [6.45, 7) is 8.87. The van der Waals surface area contributed by atoms with Crippen molar-refractivity contribution in [3.63, 3.8) is 0 Å². The van der Waals surface area contributed by atoms with Gasteiger partial charge in [-0.05, 0) is 59.1 Å². The fourth-order valence-corrected chi connectivity index (χ4v) is 6.71. The molecule has 0 bridgehead atoms. The fraction of sp³-hybridized carbons (Fsp3) is 0.526. The zero-order valence-electron chi connectivity index (χ0n) is 19.0. The van der Waals surface area contributed by atoms with E-state index in [-0.39, 0.29) is 41.1 Å². The van der Waals surface area contributed by atoms with Gasteiger partial charge in [0.05, 0.1) is 5.66 Å². The number of carbonyl (C=O) groups excluding carboxylic acids is 1. The molecule has 0 aliphatic carbocycles. The van der Waals surface area contributed by atoms with Crippen molar-refractivity contribution in [1.29, 1.82) is 0 Å². The molecule has 2 atom stereocenters. The molecule has 1 amide bonds. The third-order valence-electron chi connectivity index (χ3n) is 2.96. The summed E-state index contributed by atoms with van der Waals surface area (Å²) in [6, 6.07) is 5.80. The number of nitrogens with zero attached hydrogens (tertiary/aromatic N) is 2. The van der Waals surface area contributed by atoms with E-state index < -0.39 is 0 Å². The quantitative estimate of drug-likeness (QED) is 0.0813. The van der Waals surface area contributed by atoms with Crippen LogP contribution in [0.3, 0.4) is 0 Å². The molecule has 12 heteroatoms. The number of hydrogen-bond donors (Lipinski definition) is 1. The Morgan fingerprint density at radius 2 is 2.10 bits per heavy atom. The average molecular weight is 548 g/mol. The minimum absolute atomic E-state index is 0. The third kappa shape index (κ3) is 21.4. The van der Waals surface area contributed by atoms with Gasteiger partial charge in [0, 0.05) is 30.8 Å². The van der Waals surface area contributed by atoms with Crippen LogP contribution in [0.25, 0.3) is 0 Å². The van der Waals surface area contributed by atoms with E-state index in [1.54, 1.807) is 38.6 Å². The number of pyridine rings is 1. The van der Waals surface area contributed by atoms with Crippen LogP contribution in [0.2, 0.25) is 0 Å². The number of allylic oxidation sites excluding steroid dienone is 1. The van der Waals surface area contributed by atoms with Crippen LogP contribution in [-0.4, -0.2) is 56.2 Å². The molecule has 0 radical (unpaired) electrons. The van der Waals surface area contributed by atoms with Gasteiger partial charge in [-0.1, -0.05) is 47.6 Å². The van der Waals surface area contributed by atoms with Crippen molar-refractivity contribution in [1.82, 2.24) is 10.3 Å². The molecule has 0 spiro atoms. The Kier molecular flexibility index (Phi) is 26.9. The maximum Gasteiger partial charge on any atom is 1.00 e. The maximum atomic E-state index is 11.6. The summed E-state index contributed by atoms with van der Waals surface area (Å²) in [6.07, 6.45) is 5.80. The first-order chi connectivity index (χ1) is 14.4. The topological polar surface area (TPSA) is 77.4 Å². The van der Waals surface area contributed by atoms with Crippen LogP contribution in [0, 0.1) is 0 Å². The second-order valence-corrected chi connectivity index (χ2v) is 13.7. The summed E-state index contributed by atoms with van der Waals surface area (Å²) in [4.78, 5) is 20.0. The Morgan fingerprint density at radius 1 is 1.35 bits per heavy atom. The van der Waals surface area contributed by atoms with E-state index in [1.807, 2.05) is 62.0 Å². The van der Waals surface area contributed by atoms with Gasteiger partial charge >= 0.3 is 29.6 Å². The van der Waals surface area contributed by atoms with E-state index in [9.17, 15) is 9.35 Å². The van der Waals surface area contributed by atoms with Crippen molar-refractivity contribution in [3.05, 3.63) is 36.5 Å². The standard InChI is InChI=1S/C11H17N2O2PS3.C8H15NS2.Na/c1-9(16-8-17-15)11(14)13-6-7-18-19-10-4-2-3-5-12-10;1-5-6-8(9-4)11-10-7(2)3;/h2-5,9,15-16H,6-8H2,1H3,(H,13,14);5-7H,1-4H3;/q;;+1/p-1/b;6-5-,9-8?;. The summed E-state index contributed by atoms with van der Waals surface area (Å²) in [5.41, 5.74) is 0.452. The summed E-state index contributed by atoms with van der Waals surface area (Å²) >= 11 is 0.545. The number of hydrogen-bond acceptors (Lipinski definition) is 9. The second kappa shape index (κ2) is 24.3. The SMILES string of the molecule is C/C=C\C(=NC)SSC(C)C.CC(PCS[O-])C(=O)NCCSSc1ccccn1.[Na+]. The largest absolute Gasteiger partial charge is 1.00 e. The number of nitrogens with one attached hydrogen (secondary N) is 1. The average Bonchev–Trinajstić information content (AvgIpc) is 2.75. The Hall–Kier alpha value is 1.17. The van der Waals surface area contributed by atoms with Gasteiger partial charge in [0.2, 0.25) is 5.91 Å². The zero-order valence-corrected chi connectivity index (χ0v) is 26.1. The Morgan fingerprint density at radius 3 is 2.65 bits per heavy atom. The second-order valence-electron chi connectivity index (χ2n) is 5.84. The Balaban J connectivity index is 0. The molecule has 31 heavy (non-hydrogen) atoms. The van der Waals surface area contributed by atoms with Crippen LogP contribution in [0.1, 0.15) is 27.7 Å².